The number of hydrogen-bond acceptors (Lipinski definition) is 6. The van der Waals surface area contributed by atoms with Gasteiger partial charge in [-0.1, -0.05) is 17.4 Å². The van der Waals surface area contributed by atoms with Gasteiger partial charge in [-0.15, -0.1) is 11.8 Å². The van der Waals surface area contributed by atoms with Gasteiger partial charge < -0.3 is 4.74 Å². The van der Waals surface area contributed by atoms with E-state index in [4.69, 9.17) is 9.72 Å². The lowest BCUT2D eigenvalue weighted by atomic mass is 10.1. The molecule has 0 atom stereocenters. The van der Waals surface area contributed by atoms with Crippen molar-refractivity contribution in [2.45, 2.75) is 31.6 Å². The molecule has 0 N–H and O–H groups in total. The normalized spacial score (nSPS) is 14.6. The summed E-state index contributed by atoms with van der Waals surface area (Å²) in [4.78, 5) is 23.3. The predicted molar refractivity (Wildman–Crippen MR) is 135 cm³/mol. The van der Waals surface area contributed by atoms with Gasteiger partial charge in [0.1, 0.15) is 5.82 Å². The molecular weight excluding hydrogens is 457 g/mol. The molecule has 0 unspecified atom stereocenters. The minimum atomic E-state index is -0.247. The molecule has 1 aliphatic rings. The summed E-state index contributed by atoms with van der Waals surface area (Å²) in [5.41, 5.74) is 3.33. The Balaban J connectivity index is 1.44. The van der Waals surface area contributed by atoms with Crippen LogP contribution in [0, 0.1) is 19.7 Å². The minimum absolute atomic E-state index is 0.0834. The van der Waals surface area contributed by atoms with Gasteiger partial charge >= 0.3 is 0 Å². The smallest absolute Gasteiger partial charge is 0.229 e. The second-order valence-corrected chi connectivity index (χ2v) is 10.5. The third kappa shape index (κ3) is 6.53. The number of thiazole rings is 1. The molecule has 1 fully saturated rings. The van der Waals surface area contributed by atoms with E-state index in [-0.39, 0.29) is 11.7 Å². The summed E-state index contributed by atoms with van der Waals surface area (Å²) in [7, 11) is 0. The molecule has 0 aliphatic carbocycles. The van der Waals surface area contributed by atoms with Crippen LogP contribution in [0.3, 0.4) is 0 Å². The Morgan fingerprint density at radius 3 is 2.73 bits per heavy atom. The average molecular weight is 488 g/mol. The van der Waals surface area contributed by atoms with Crippen molar-refractivity contribution in [1.82, 2.24) is 9.88 Å². The lowest BCUT2D eigenvalue weighted by Gasteiger charge is -2.27. The molecule has 4 rings (SSSR count). The molecule has 0 radical (unpaired) electrons. The molecule has 2 heterocycles. The Labute approximate surface area is 202 Å². The molecular formula is C25H30FN3O2S2. The van der Waals surface area contributed by atoms with Gasteiger partial charge in [-0.3, -0.25) is 14.6 Å². The molecule has 2 aromatic carbocycles. The molecule has 0 saturated carbocycles. The largest absolute Gasteiger partial charge is 0.379 e. The summed E-state index contributed by atoms with van der Waals surface area (Å²) in [6.07, 6.45) is 1.30. The summed E-state index contributed by atoms with van der Waals surface area (Å²) in [5.74, 6) is 0.483. The Hall–Kier alpha value is -2.00. The number of halogens is 1. The summed E-state index contributed by atoms with van der Waals surface area (Å²) in [5, 5.41) is 0.775. The van der Waals surface area contributed by atoms with Crippen LogP contribution in [0.4, 0.5) is 9.52 Å². The number of morpholine rings is 1. The lowest BCUT2D eigenvalue weighted by molar-refractivity contribution is -0.118. The number of thioether (sulfide) groups is 1. The van der Waals surface area contributed by atoms with E-state index in [1.54, 1.807) is 35.2 Å². The lowest BCUT2D eigenvalue weighted by Crippen LogP contribution is -2.39. The van der Waals surface area contributed by atoms with Crippen LogP contribution in [-0.4, -0.2) is 60.9 Å². The maximum atomic E-state index is 13.3. The van der Waals surface area contributed by atoms with Crippen LogP contribution >= 0.6 is 23.1 Å². The molecule has 1 aliphatic heterocycles. The van der Waals surface area contributed by atoms with E-state index in [1.165, 1.54) is 23.3 Å². The number of carbonyl (C=O) groups is 1. The monoisotopic (exact) mass is 487 g/mol. The molecule has 1 aromatic heterocycles. The number of carbonyl (C=O) groups excluding carboxylic acids is 1. The fourth-order valence-corrected chi connectivity index (χ4v) is 5.91. The second-order valence-electron chi connectivity index (χ2n) is 8.33. The molecule has 176 valence electrons. The third-order valence-electron chi connectivity index (χ3n) is 5.70. The first-order valence-electron chi connectivity index (χ1n) is 11.4. The summed E-state index contributed by atoms with van der Waals surface area (Å²) in [6, 6.07) is 10.7. The Morgan fingerprint density at radius 1 is 1.21 bits per heavy atom. The van der Waals surface area contributed by atoms with Crippen molar-refractivity contribution in [3.63, 3.8) is 0 Å². The summed E-state index contributed by atoms with van der Waals surface area (Å²) in [6.45, 7) is 9.21. The summed E-state index contributed by atoms with van der Waals surface area (Å²) < 4.78 is 19.7. The van der Waals surface area contributed by atoms with Crippen molar-refractivity contribution in [2.75, 3.05) is 50.0 Å². The first-order valence-corrected chi connectivity index (χ1v) is 13.2. The number of aryl methyl sites for hydroxylation is 2. The van der Waals surface area contributed by atoms with Crippen LogP contribution < -0.4 is 4.90 Å². The number of fused-ring (bicyclic) bond motifs is 1. The number of anilines is 1. The van der Waals surface area contributed by atoms with Crippen LogP contribution in [0.5, 0.6) is 0 Å². The van der Waals surface area contributed by atoms with Crippen LogP contribution in [0.15, 0.2) is 41.3 Å². The number of benzene rings is 2. The van der Waals surface area contributed by atoms with E-state index in [1.807, 2.05) is 4.90 Å². The van der Waals surface area contributed by atoms with Crippen LogP contribution in [-0.2, 0) is 9.53 Å². The predicted octanol–water partition coefficient (Wildman–Crippen LogP) is 5.29. The zero-order valence-electron chi connectivity index (χ0n) is 19.2. The molecule has 0 spiro atoms. The number of ether oxygens (including phenoxy) is 1. The van der Waals surface area contributed by atoms with Gasteiger partial charge in [-0.25, -0.2) is 9.37 Å². The molecule has 1 amide bonds. The van der Waals surface area contributed by atoms with Gasteiger partial charge in [-0.05, 0) is 61.7 Å². The van der Waals surface area contributed by atoms with E-state index in [9.17, 15) is 9.18 Å². The SMILES string of the molecule is Cc1cc(C)c2sc(N(CCCN3CCOCC3)C(=O)CCSc3ccc(F)cc3)nc2c1. The topological polar surface area (TPSA) is 45.7 Å². The van der Waals surface area contributed by atoms with E-state index in [2.05, 4.69) is 30.9 Å². The fraction of sp³-hybridized carbons (Fsp3) is 0.440. The molecule has 1 saturated heterocycles. The van der Waals surface area contributed by atoms with Crippen molar-refractivity contribution in [2.24, 2.45) is 0 Å². The zero-order valence-corrected chi connectivity index (χ0v) is 20.8. The second kappa shape index (κ2) is 11.4. The highest BCUT2D eigenvalue weighted by Crippen LogP contribution is 2.33. The molecule has 8 heteroatoms. The van der Waals surface area contributed by atoms with Gasteiger partial charge in [0.15, 0.2) is 5.13 Å². The van der Waals surface area contributed by atoms with Gasteiger partial charge in [0.25, 0.3) is 0 Å². The van der Waals surface area contributed by atoms with Crippen molar-refractivity contribution < 1.29 is 13.9 Å². The zero-order chi connectivity index (χ0) is 23.2. The Morgan fingerprint density at radius 2 is 1.97 bits per heavy atom. The Kier molecular flexibility index (Phi) is 8.35. The number of amides is 1. The summed E-state index contributed by atoms with van der Waals surface area (Å²) >= 11 is 3.17. The quantitative estimate of drug-likeness (QED) is 0.384. The highest BCUT2D eigenvalue weighted by molar-refractivity contribution is 7.99. The maximum absolute atomic E-state index is 13.3. The minimum Gasteiger partial charge on any atom is -0.379 e. The van der Waals surface area contributed by atoms with Crippen molar-refractivity contribution >= 4 is 44.4 Å². The van der Waals surface area contributed by atoms with E-state index in [0.29, 0.717) is 18.7 Å². The highest BCUT2D eigenvalue weighted by Gasteiger charge is 2.21. The molecule has 0 bridgehead atoms. The van der Waals surface area contributed by atoms with Gasteiger partial charge in [0.05, 0.1) is 23.4 Å². The average Bonchev–Trinajstić information content (AvgIpc) is 3.22. The number of rotatable bonds is 9. The van der Waals surface area contributed by atoms with Crippen molar-refractivity contribution in [3.8, 4) is 0 Å². The molecule has 5 nitrogen and oxygen atoms in total. The first kappa shape index (κ1) is 24.1. The first-order chi connectivity index (χ1) is 16.0. The van der Waals surface area contributed by atoms with E-state index < -0.39 is 0 Å². The van der Waals surface area contributed by atoms with Crippen LogP contribution in [0.2, 0.25) is 0 Å². The fourth-order valence-electron chi connectivity index (χ4n) is 4.01. The number of aromatic nitrogens is 1. The highest BCUT2D eigenvalue weighted by atomic mass is 32.2. The van der Waals surface area contributed by atoms with E-state index >= 15 is 0 Å². The Bertz CT molecular complexity index is 1080. The van der Waals surface area contributed by atoms with Crippen molar-refractivity contribution in [1.29, 1.82) is 0 Å². The number of hydrogen-bond donors (Lipinski definition) is 0. The maximum Gasteiger partial charge on any atom is 0.229 e. The molecule has 3 aromatic rings. The van der Waals surface area contributed by atoms with Crippen LogP contribution in [0.25, 0.3) is 10.2 Å². The van der Waals surface area contributed by atoms with Gasteiger partial charge in [-0.2, -0.15) is 0 Å². The number of nitrogens with zero attached hydrogens (tertiary/aromatic N) is 3. The van der Waals surface area contributed by atoms with Gasteiger partial charge in [0.2, 0.25) is 5.91 Å². The van der Waals surface area contributed by atoms with Gasteiger partial charge in [0, 0.05) is 43.2 Å². The van der Waals surface area contributed by atoms with E-state index in [0.717, 1.165) is 59.5 Å². The standard InChI is InChI=1S/C25H30FN3O2S2/c1-18-16-19(2)24-22(17-18)27-25(33-24)29(10-3-9-28-11-13-31-14-12-28)23(30)8-15-32-21-6-4-20(26)5-7-21/h4-7,16-17H,3,8-15H2,1-2H3. The molecule has 33 heavy (non-hydrogen) atoms. The third-order valence-corrected chi connectivity index (χ3v) is 7.94. The van der Waals surface area contributed by atoms with Crippen molar-refractivity contribution in [3.05, 3.63) is 53.3 Å². The van der Waals surface area contributed by atoms with Crippen LogP contribution in [0.1, 0.15) is 24.0 Å².